The summed E-state index contributed by atoms with van der Waals surface area (Å²) in [5.41, 5.74) is -0.778. The summed E-state index contributed by atoms with van der Waals surface area (Å²) in [6.07, 6.45) is 2.19. The largest absolute Gasteiger partial charge is 0.486 e. The normalized spacial score (nSPS) is 26.7. The van der Waals surface area contributed by atoms with Crippen molar-refractivity contribution >= 4 is 6.03 Å². The lowest BCUT2D eigenvalue weighted by Gasteiger charge is -2.36. The fourth-order valence-electron chi connectivity index (χ4n) is 3.05. The first kappa shape index (κ1) is 15.9. The Morgan fingerprint density at radius 2 is 2.22 bits per heavy atom. The topological polar surface area (TPSA) is 71.0 Å². The molecule has 2 atom stereocenters. The second kappa shape index (κ2) is 6.66. The Labute approximate surface area is 136 Å². The van der Waals surface area contributed by atoms with Crippen LogP contribution in [0.2, 0.25) is 0 Å². The molecule has 1 aromatic rings. The molecule has 6 heteroatoms. The molecule has 0 radical (unpaired) electrons. The molecule has 1 fully saturated rings. The number of likely N-dealkylation sites (tertiary alicyclic amines) is 1. The summed E-state index contributed by atoms with van der Waals surface area (Å²) in [5.74, 6) is 1.52. The molecular formula is C17H24N2O4. The van der Waals surface area contributed by atoms with Gasteiger partial charge in [-0.2, -0.15) is 0 Å². The van der Waals surface area contributed by atoms with Gasteiger partial charge in [0.15, 0.2) is 11.5 Å². The molecule has 3 rings (SSSR count). The number of hydrogen-bond acceptors (Lipinski definition) is 4. The number of piperidine rings is 1. The zero-order valence-corrected chi connectivity index (χ0v) is 13.5. The second-order valence-corrected chi connectivity index (χ2v) is 6.54. The first-order valence-electron chi connectivity index (χ1n) is 8.17. The van der Waals surface area contributed by atoms with Crippen molar-refractivity contribution in [2.75, 3.05) is 26.2 Å². The predicted octanol–water partition coefficient (Wildman–Crippen LogP) is 1.77. The van der Waals surface area contributed by atoms with E-state index in [2.05, 4.69) is 5.32 Å². The molecule has 126 valence electrons. The molecule has 23 heavy (non-hydrogen) atoms. The third-order valence-electron chi connectivity index (χ3n) is 4.27. The molecule has 2 aliphatic rings. The van der Waals surface area contributed by atoms with E-state index in [-0.39, 0.29) is 12.1 Å². The Bertz CT molecular complexity index is 561. The SMILES string of the molecule is CC1(O)CCCN(C(=O)NCCC2COc3ccccc3O2)C1. The predicted molar refractivity (Wildman–Crippen MR) is 85.8 cm³/mol. The van der Waals surface area contributed by atoms with Crippen LogP contribution in [0.3, 0.4) is 0 Å². The first-order chi connectivity index (χ1) is 11.0. The molecule has 2 aliphatic heterocycles. The first-order valence-corrected chi connectivity index (χ1v) is 8.17. The molecule has 2 heterocycles. The van der Waals surface area contributed by atoms with Gasteiger partial charge in [-0.05, 0) is 31.9 Å². The van der Waals surface area contributed by atoms with Crippen LogP contribution < -0.4 is 14.8 Å². The van der Waals surface area contributed by atoms with Gasteiger partial charge in [0.25, 0.3) is 0 Å². The number of aliphatic hydroxyl groups is 1. The third-order valence-corrected chi connectivity index (χ3v) is 4.27. The van der Waals surface area contributed by atoms with E-state index in [0.717, 1.165) is 24.3 Å². The highest BCUT2D eigenvalue weighted by Crippen LogP contribution is 2.31. The molecule has 0 aliphatic carbocycles. The Kier molecular flexibility index (Phi) is 4.61. The van der Waals surface area contributed by atoms with Gasteiger partial charge in [-0.1, -0.05) is 12.1 Å². The van der Waals surface area contributed by atoms with Gasteiger partial charge < -0.3 is 24.8 Å². The van der Waals surface area contributed by atoms with Crippen LogP contribution in [0.5, 0.6) is 11.5 Å². The van der Waals surface area contributed by atoms with Crippen LogP contribution in [-0.4, -0.2) is 54.0 Å². The van der Waals surface area contributed by atoms with Gasteiger partial charge in [0.1, 0.15) is 12.7 Å². The summed E-state index contributed by atoms with van der Waals surface area (Å²) in [6, 6.07) is 7.47. The zero-order chi connectivity index (χ0) is 16.3. The van der Waals surface area contributed by atoms with Crippen molar-refractivity contribution in [2.45, 2.75) is 37.9 Å². The van der Waals surface area contributed by atoms with Crippen molar-refractivity contribution in [1.29, 1.82) is 0 Å². The Hall–Kier alpha value is -1.95. The summed E-state index contributed by atoms with van der Waals surface area (Å²) >= 11 is 0. The number of hydrogen-bond donors (Lipinski definition) is 2. The smallest absolute Gasteiger partial charge is 0.317 e. The number of amides is 2. The van der Waals surface area contributed by atoms with E-state index in [0.29, 0.717) is 32.7 Å². The summed E-state index contributed by atoms with van der Waals surface area (Å²) in [5, 5.41) is 13.0. The summed E-state index contributed by atoms with van der Waals surface area (Å²) in [7, 11) is 0. The minimum atomic E-state index is -0.778. The van der Waals surface area contributed by atoms with E-state index in [4.69, 9.17) is 9.47 Å². The molecule has 0 saturated carbocycles. The van der Waals surface area contributed by atoms with Crippen LogP contribution in [-0.2, 0) is 0 Å². The molecule has 0 aromatic heterocycles. The highest BCUT2D eigenvalue weighted by Gasteiger charge is 2.31. The maximum Gasteiger partial charge on any atom is 0.317 e. The number of nitrogens with zero attached hydrogens (tertiary/aromatic N) is 1. The van der Waals surface area contributed by atoms with Crippen LogP contribution in [0.1, 0.15) is 26.2 Å². The number of para-hydroxylation sites is 2. The van der Waals surface area contributed by atoms with Crippen LogP contribution in [0, 0.1) is 0 Å². The van der Waals surface area contributed by atoms with Gasteiger partial charge in [-0.25, -0.2) is 4.79 Å². The molecule has 6 nitrogen and oxygen atoms in total. The fraction of sp³-hybridized carbons (Fsp3) is 0.588. The number of benzene rings is 1. The standard InChI is InChI=1S/C17H24N2O4/c1-17(21)8-4-10-19(12-17)16(20)18-9-7-13-11-22-14-5-2-3-6-15(14)23-13/h2-3,5-6,13,21H,4,7-12H2,1H3,(H,18,20). The lowest BCUT2D eigenvalue weighted by atomic mass is 9.95. The van der Waals surface area contributed by atoms with Gasteiger partial charge in [0.2, 0.25) is 0 Å². The van der Waals surface area contributed by atoms with Gasteiger partial charge >= 0.3 is 6.03 Å². The van der Waals surface area contributed by atoms with E-state index in [1.165, 1.54) is 0 Å². The van der Waals surface area contributed by atoms with Gasteiger partial charge in [-0.15, -0.1) is 0 Å². The van der Waals surface area contributed by atoms with Crippen molar-refractivity contribution < 1.29 is 19.4 Å². The average Bonchev–Trinajstić information content (AvgIpc) is 2.53. The molecule has 0 spiro atoms. The number of fused-ring (bicyclic) bond motifs is 1. The number of urea groups is 1. The molecule has 0 bridgehead atoms. The average molecular weight is 320 g/mol. The monoisotopic (exact) mass is 320 g/mol. The van der Waals surface area contributed by atoms with Crippen LogP contribution in [0.4, 0.5) is 4.79 Å². The third kappa shape index (κ3) is 4.07. The lowest BCUT2D eigenvalue weighted by molar-refractivity contribution is -0.00263. The van der Waals surface area contributed by atoms with Crippen molar-refractivity contribution in [3.63, 3.8) is 0 Å². The van der Waals surface area contributed by atoms with Crippen molar-refractivity contribution in [1.82, 2.24) is 10.2 Å². The number of β-amino-alcohol motifs (C(OH)–C–C–N with tert-alkyl or cyclic N) is 1. The minimum Gasteiger partial charge on any atom is -0.486 e. The van der Waals surface area contributed by atoms with Crippen molar-refractivity contribution in [3.05, 3.63) is 24.3 Å². The lowest BCUT2D eigenvalue weighted by Crippen LogP contribution is -2.52. The van der Waals surface area contributed by atoms with E-state index in [1.807, 2.05) is 24.3 Å². The Balaban J connectivity index is 1.42. The maximum absolute atomic E-state index is 12.2. The summed E-state index contributed by atoms with van der Waals surface area (Å²) in [6.45, 7) is 3.86. The fourth-order valence-corrected chi connectivity index (χ4v) is 3.05. The highest BCUT2D eigenvalue weighted by atomic mass is 16.6. The Morgan fingerprint density at radius 3 is 3.00 bits per heavy atom. The number of ether oxygens (including phenoxy) is 2. The zero-order valence-electron chi connectivity index (χ0n) is 13.5. The summed E-state index contributed by atoms with van der Waals surface area (Å²) < 4.78 is 11.5. The number of carbonyl (C=O) groups excluding carboxylic acids is 1. The molecule has 2 unspecified atom stereocenters. The van der Waals surface area contributed by atoms with Crippen molar-refractivity contribution in [3.8, 4) is 11.5 Å². The second-order valence-electron chi connectivity index (χ2n) is 6.54. The van der Waals surface area contributed by atoms with Gasteiger partial charge in [0, 0.05) is 19.5 Å². The Morgan fingerprint density at radius 1 is 1.43 bits per heavy atom. The highest BCUT2D eigenvalue weighted by molar-refractivity contribution is 5.74. The van der Waals surface area contributed by atoms with Crippen LogP contribution >= 0.6 is 0 Å². The molecule has 2 amide bonds. The van der Waals surface area contributed by atoms with Crippen LogP contribution in [0.25, 0.3) is 0 Å². The quantitative estimate of drug-likeness (QED) is 0.890. The van der Waals surface area contributed by atoms with E-state index in [1.54, 1.807) is 11.8 Å². The number of rotatable bonds is 3. The van der Waals surface area contributed by atoms with Gasteiger partial charge in [-0.3, -0.25) is 0 Å². The molecule has 1 aromatic carbocycles. The van der Waals surface area contributed by atoms with E-state index < -0.39 is 5.60 Å². The molecule has 2 N–H and O–H groups in total. The number of carbonyl (C=O) groups is 1. The van der Waals surface area contributed by atoms with Crippen molar-refractivity contribution in [2.24, 2.45) is 0 Å². The molecule has 1 saturated heterocycles. The van der Waals surface area contributed by atoms with Crippen LogP contribution in [0.15, 0.2) is 24.3 Å². The van der Waals surface area contributed by atoms with E-state index >= 15 is 0 Å². The molecular weight excluding hydrogens is 296 g/mol. The summed E-state index contributed by atoms with van der Waals surface area (Å²) in [4.78, 5) is 13.8. The number of nitrogens with one attached hydrogen (secondary N) is 1. The maximum atomic E-state index is 12.2. The minimum absolute atomic E-state index is 0.0605. The van der Waals surface area contributed by atoms with Gasteiger partial charge in [0.05, 0.1) is 12.1 Å². The van der Waals surface area contributed by atoms with E-state index in [9.17, 15) is 9.90 Å².